The highest BCUT2D eigenvalue weighted by Gasteiger charge is 1.90. The van der Waals surface area contributed by atoms with Gasteiger partial charge in [0.1, 0.15) is 0 Å². The summed E-state index contributed by atoms with van der Waals surface area (Å²) in [6.07, 6.45) is 0.899. The van der Waals surface area contributed by atoms with Crippen molar-refractivity contribution in [2.45, 2.75) is 6.92 Å². The molecule has 0 bridgehead atoms. The van der Waals surface area contributed by atoms with Crippen LogP contribution in [-0.4, -0.2) is 0 Å². The van der Waals surface area contributed by atoms with E-state index in [0.29, 0.717) is 0 Å². The molecule has 0 amide bonds. The van der Waals surface area contributed by atoms with Crippen LogP contribution in [0.4, 0.5) is 0 Å². The van der Waals surface area contributed by atoms with E-state index >= 15 is 0 Å². The van der Waals surface area contributed by atoms with E-state index < -0.39 is 0 Å². The van der Waals surface area contributed by atoms with Crippen LogP contribution in [-0.2, 0) is 0 Å². The van der Waals surface area contributed by atoms with Gasteiger partial charge in [0.25, 0.3) is 0 Å². The zero-order valence-electron chi connectivity index (χ0n) is 5.19. The standard InChI is InChI=1S/C7H8IP/c1-6-4-2-3-5-7(6)9-8/h2-5,9H,1H3. The van der Waals surface area contributed by atoms with Gasteiger partial charge in [0, 0.05) is 0 Å². The maximum atomic E-state index is 2.41. The van der Waals surface area contributed by atoms with E-state index in [4.69, 9.17) is 0 Å². The Morgan fingerprint density at radius 2 is 2.00 bits per heavy atom. The zero-order valence-corrected chi connectivity index (χ0v) is 8.34. The molecule has 1 aromatic rings. The van der Waals surface area contributed by atoms with Crippen LogP contribution in [0.25, 0.3) is 0 Å². The lowest BCUT2D eigenvalue weighted by atomic mass is 10.2. The number of rotatable bonds is 1. The lowest BCUT2D eigenvalue weighted by Crippen LogP contribution is -1.94. The maximum Gasteiger partial charge on any atom is -0.0141 e. The lowest BCUT2D eigenvalue weighted by molar-refractivity contribution is 1.52. The van der Waals surface area contributed by atoms with E-state index in [0.717, 1.165) is 6.22 Å². The highest BCUT2D eigenvalue weighted by Crippen LogP contribution is 2.20. The van der Waals surface area contributed by atoms with Crippen LogP contribution in [0.2, 0.25) is 0 Å². The van der Waals surface area contributed by atoms with Crippen LogP contribution in [0.5, 0.6) is 0 Å². The molecule has 0 saturated heterocycles. The third-order valence-electron chi connectivity index (χ3n) is 1.25. The van der Waals surface area contributed by atoms with Gasteiger partial charge in [-0.1, -0.05) is 46.3 Å². The predicted molar refractivity (Wildman–Crippen MR) is 53.1 cm³/mol. The van der Waals surface area contributed by atoms with Gasteiger partial charge in [-0.25, -0.2) is 0 Å². The maximum absolute atomic E-state index is 2.41. The van der Waals surface area contributed by atoms with Gasteiger partial charge >= 0.3 is 0 Å². The summed E-state index contributed by atoms with van der Waals surface area (Å²) in [5.41, 5.74) is 1.41. The largest absolute Gasteiger partial charge is 0.0620 e. The number of hydrogen-bond acceptors (Lipinski definition) is 0. The van der Waals surface area contributed by atoms with Crippen molar-refractivity contribution < 1.29 is 0 Å². The van der Waals surface area contributed by atoms with Crippen molar-refractivity contribution in [2.24, 2.45) is 0 Å². The minimum atomic E-state index is 0.899. The van der Waals surface area contributed by atoms with Crippen LogP contribution in [0.3, 0.4) is 0 Å². The Morgan fingerprint density at radius 1 is 1.33 bits per heavy atom. The summed E-state index contributed by atoms with van der Waals surface area (Å²) in [5.74, 6) is 0. The molecule has 1 unspecified atom stereocenters. The van der Waals surface area contributed by atoms with Crippen LogP contribution in [0, 0.1) is 6.92 Å². The van der Waals surface area contributed by atoms with E-state index in [1.807, 2.05) is 0 Å². The first kappa shape index (κ1) is 7.49. The molecular formula is C7H8IP. The fourth-order valence-corrected chi connectivity index (χ4v) is 2.89. The topological polar surface area (TPSA) is 0 Å². The third kappa shape index (κ3) is 1.91. The molecule has 9 heavy (non-hydrogen) atoms. The SMILES string of the molecule is Cc1ccccc1PI. The highest BCUT2D eigenvalue weighted by atomic mass is 127. The first-order valence-electron chi connectivity index (χ1n) is 2.77. The Morgan fingerprint density at radius 3 is 2.44 bits per heavy atom. The van der Waals surface area contributed by atoms with Crippen LogP contribution in [0.1, 0.15) is 5.56 Å². The fourth-order valence-electron chi connectivity index (χ4n) is 0.679. The molecule has 2 heteroatoms. The average molecular weight is 250 g/mol. The lowest BCUT2D eigenvalue weighted by Gasteiger charge is -1.97. The van der Waals surface area contributed by atoms with Gasteiger partial charge in [-0.3, -0.25) is 0 Å². The van der Waals surface area contributed by atoms with Crippen molar-refractivity contribution in [1.29, 1.82) is 0 Å². The van der Waals surface area contributed by atoms with Crippen molar-refractivity contribution >= 4 is 33.6 Å². The number of aryl methyl sites for hydroxylation is 1. The summed E-state index contributed by atoms with van der Waals surface area (Å²) in [6.45, 7) is 2.15. The Kier molecular flexibility index (Phi) is 2.93. The van der Waals surface area contributed by atoms with Crippen molar-refractivity contribution in [2.75, 3.05) is 0 Å². The Balaban J connectivity index is 3.01. The van der Waals surface area contributed by atoms with Gasteiger partial charge in [-0.2, -0.15) is 0 Å². The summed E-state index contributed by atoms with van der Waals surface area (Å²) in [4.78, 5) is 0. The van der Waals surface area contributed by atoms with E-state index in [2.05, 4.69) is 53.2 Å². The minimum Gasteiger partial charge on any atom is -0.0620 e. The molecule has 0 nitrogen and oxygen atoms in total. The highest BCUT2D eigenvalue weighted by molar-refractivity contribution is 14.2. The first-order chi connectivity index (χ1) is 4.34. The molecule has 1 rings (SSSR count). The predicted octanol–water partition coefficient (Wildman–Crippen LogP) is 2.65. The van der Waals surface area contributed by atoms with Crippen LogP contribution >= 0.6 is 28.3 Å². The van der Waals surface area contributed by atoms with Gasteiger partial charge in [-0.15, -0.1) is 0 Å². The Labute approximate surface area is 70.3 Å². The number of halogens is 1. The molecule has 0 spiro atoms. The average Bonchev–Trinajstić information content (AvgIpc) is 1.89. The quantitative estimate of drug-likeness (QED) is 0.531. The Hall–Kier alpha value is 0.380. The van der Waals surface area contributed by atoms with Gasteiger partial charge in [0.05, 0.1) is 0 Å². The molecule has 0 radical (unpaired) electrons. The van der Waals surface area contributed by atoms with Crippen LogP contribution < -0.4 is 5.30 Å². The second-order valence-corrected chi connectivity index (χ2v) is 4.26. The van der Waals surface area contributed by atoms with Crippen LogP contribution in [0.15, 0.2) is 24.3 Å². The summed E-state index contributed by atoms with van der Waals surface area (Å²) < 4.78 is 0. The molecule has 0 heterocycles. The molecule has 48 valence electrons. The van der Waals surface area contributed by atoms with Gasteiger partial charge in [-0.05, 0) is 24.0 Å². The molecule has 0 N–H and O–H groups in total. The normalized spacial score (nSPS) is 10.9. The molecule has 0 aromatic heterocycles. The van der Waals surface area contributed by atoms with Gasteiger partial charge in [0.15, 0.2) is 0 Å². The summed E-state index contributed by atoms with van der Waals surface area (Å²) in [6, 6.07) is 8.50. The van der Waals surface area contributed by atoms with Crippen molar-refractivity contribution in [3.63, 3.8) is 0 Å². The van der Waals surface area contributed by atoms with E-state index in [-0.39, 0.29) is 0 Å². The van der Waals surface area contributed by atoms with E-state index in [9.17, 15) is 0 Å². The molecule has 0 aliphatic heterocycles. The van der Waals surface area contributed by atoms with E-state index in [1.54, 1.807) is 0 Å². The monoisotopic (exact) mass is 250 g/mol. The second kappa shape index (κ2) is 3.52. The molecule has 1 atom stereocenters. The van der Waals surface area contributed by atoms with E-state index in [1.165, 1.54) is 10.9 Å². The van der Waals surface area contributed by atoms with Gasteiger partial charge in [0.2, 0.25) is 0 Å². The Bertz CT molecular complexity index is 198. The zero-order chi connectivity index (χ0) is 6.69. The summed E-state index contributed by atoms with van der Waals surface area (Å²) in [7, 11) is 0. The fraction of sp³-hybridized carbons (Fsp3) is 0.143. The minimum absolute atomic E-state index is 0.899. The molecule has 1 aromatic carbocycles. The van der Waals surface area contributed by atoms with Crippen molar-refractivity contribution in [3.8, 4) is 0 Å². The molecule has 0 fully saturated rings. The summed E-state index contributed by atoms with van der Waals surface area (Å²) >= 11 is 2.41. The second-order valence-electron chi connectivity index (χ2n) is 1.91. The molecule has 0 saturated carbocycles. The summed E-state index contributed by atoms with van der Waals surface area (Å²) in [5, 5.41) is 1.47. The molecule has 0 aliphatic carbocycles. The smallest absolute Gasteiger partial charge is 0.0141 e. The van der Waals surface area contributed by atoms with Crippen molar-refractivity contribution in [3.05, 3.63) is 29.8 Å². The van der Waals surface area contributed by atoms with Crippen molar-refractivity contribution in [1.82, 2.24) is 0 Å². The third-order valence-corrected chi connectivity index (χ3v) is 3.75. The molecular weight excluding hydrogens is 242 g/mol. The first-order valence-corrected chi connectivity index (χ1v) is 6.88. The number of hydrogen-bond donors (Lipinski definition) is 0. The molecule has 0 aliphatic rings. The number of benzene rings is 1. The van der Waals surface area contributed by atoms with Gasteiger partial charge < -0.3 is 0 Å².